The van der Waals surface area contributed by atoms with Gasteiger partial charge in [-0.15, -0.1) is 0 Å². The van der Waals surface area contributed by atoms with E-state index in [2.05, 4.69) is 22.1 Å². The van der Waals surface area contributed by atoms with Crippen molar-refractivity contribution < 1.29 is 32.2 Å². The van der Waals surface area contributed by atoms with Crippen LogP contribution in [-0.4, -0.2) is 53.3 Å². The van der Waals surface area contributed by atoms with Crippen molar-refractivity contribution in [1.82, 2.24) is 14.9 Å². The number of Topliss-reactive ketones (excluding diaryl/α,β-unsaturated/α-hetero) is 1. The molecule has 1 aliphatic rings. The summed E-state index contributed by atoms with van der Waals surface area (Å²) >= 11 is 0. The van der Waals surface area contributed by atoms with Crippen molar-refractivity contribution >= 4 is 11.7 Å². The molecule has 39 heavy (non-hydrogen) atoms. The van der Waals surface area contributed by atoms with Crippen molar-refractivity contribution in [2.45, 2.75) is 64.0 Å². The molecule has 1 aliphatic heterocycles. The Balaban J connectivity index is 1.37. The molecular formula is C27H30F3N3O6. The number of nitrogens with zero attached hydrogens (tertiary/aromatic N) is 1. The van der Waals surface area contributed by atoms with E-state index >= 15 is 0 Å². The third kappa shape index (κ3) is 8.94. The lowest BCUT2D eigenvalue weighted by Gasteiger charge is -2.15. The fourth-order valence-electron chi connectivity index (χ4n) is 3.95. The largest absolute Gasteiger partial charge is 0.449 e. The second kappa shape index (κ2) is 13.9. The van der Waals surface area contributed by atoms with E-state index in [0.717, 1.165) is 12.8 Å². The lowest BCUT2D eigenvalue weighted by Crippen LogP contribution is -2.34. The van der Waals surface area contributed by atoms with Gasteiger partial charge in [-0.3, -0.25) is 23.9 Å². The van der Waals surface area contributed by atoms with Gasteiger partial charge in [-0.2, -0.15) is 13.2 Å². The van der Waals surface area contributed by atoms with Gasteiger partial charge in [0.25, 0.3) is 11.5 Å². The molecule has 0 aliphatic carbocycles. The number of halogens is 3. The minimum atomic E-state index is -4.84. The minimum absolute atomic E-state index is 0.0677. The van der Waals surface area contributed by atoms with Crippen LogP contribution in [0.5, 0.6) is 0 Å². The molecule has 3 rings (SSSR count). The van der Waals surface area contributed by atoms with E-state index in [1.807, 2.05) is 6.92 Å². The van der Waals surface area contributed by atoms with Crippen LogP contribution in [0.3, 0.4) is 0 Å². The number of rotatable bonds is 11. The number of hydrogen-bond donors (Lipinski definition) is 2. The quantitative estimate of drug-likeness (QED) is 0.329. The van der Waals surface area contributed by atoms with Crippen LogP contribution in [-0.2, 0) is 27.1 Å². The highest BCUT2D eigenvalue weighted by Gasteiger charge is 2.37. The van der Waals surface area contributed by atoms with E-state index in [1.54, 1.807) is 0 Å². The number of aromatic nitrogens is 2. The van der Waals surface area contributed by atoms with Crippen LogP contribution >= 0.6 is 0 Å². The molecule has 12 heteroatoms. The Hall–Kier alpha value is -3.69. The number of alkyl halides is 3. The number of H-pyrrole nitrogens is 1. The van der Waals surface area contributed by atoms with Crippen LogP contribution < -0.4 is 16.6 Å². The van der Waals surface area contributed by atoms with Gasteiger partial charge < -0.3 is 14.8 Å². The molecule has 1 amide bonds. The third-order valence-corrected chi connectivity index (χ3v) is 6.18. The average Bonchev–Trinajstić information content (AvgIpc) is 3.38. The van der Waals surface area contributed by atoms with Gasteiger partial charge in [0.1, 0.15) is 12.8 Å². The highest BCUT2D eigenvalue weighted by Crippen LogP contribution is 2.28. The molecule has 1 fully saturated rings. The van der Waals surface area contributed by atoms with Gasteiger partial charge in [0, 0.05) is 36.7 Å². The van der Waals surface area contributed by atoms with Gasteiger partial charge in [-0.05, 0) is 43.4 Å². The van der Waals surface area contributed by atoms with Crippen LogP contribution in [0.1, 0.15) is 60.3 Å². The average molecular weight is 550 g/mol. The molecule has 0 radical (unpaired) electrons. The molecule has 9 nitrogen and oxygen atoms in total. The first-order valence-corrected chi connectivity index (χ1v) is 12.6. The molecule has 1 saturated heterocycles. The summed E-state index contributed by atoms with van der Waals surface area (Å²) in [6, 6.07) is 5.96. The molecule has 2 heterocycles. The molecule has 0 bridgehead atoms. The second-order valence-electron chi connectivity index (χ2n) is 8.98. The first kappa shape index (κ1) is 29.9. The number of carbonyl (C=O) groups excluding carboxylic acids is 2. The summed E-state index contributed by atoms with van der Waals surface area (Å²) in [6.07, 6.45) is -1.86. The Morgan fingerprint density at radius 2 is 1.92 bits per heavy atom. The van der Waals surface area contributed by atoms with Gasteiger partial charge in [-0.25, -0.2) is 4.79 Å². The maximum atomic E-state index is 12.3. The van der Waals surface area contributed by atoms with E-state index in [9.17, 15) is 32.3 Å². The first-order valence-electron chi connectivity index (χ1n) is 12.6. The zero-order valence-corrected chi connectivity index (χ0v) is 21.4. The van der Waals surface area contributed by atoms with Crippen molar-refractivity contribution in [2.75, 3.05) is 19.8 Å². The highest BCUT2D eigenvalue weighted by molar-refractivity contribution is 5.94. The van der Waals surface area contributed by atoms with Gasteiger partial charge in [0.15, 0.2) is 0 Å². The first-order chi connectivity index (χ1) is 18.6. The zero-order valence-electron chi connectivity index (χ0n) is 21.4. The molecule has 210 valence electrons. The summed E-state index contributed by atoms with van der Waals surface area (Å²) < 4.78 is 49.5. The highest BCUT2D eigenvalue weighted by atomic mass is 19.4. The fraction of sp³-hybridized carbons (Fsp3) is 0.481. The third-order valence-electron chi connectivity index (χ3n) is 6.18. The van der Waals surface area contributed by atoms with E-state index in [-0.39, 0.29) is 44.6 Å². The van der Waals surface area contributed by atoms with Crippen LogP contribution in [0.25, 0.3) is 0 Å². The normalized spacial score (nSPS) is 16.9. The smallest absolute Gasteiger partial charge is 0.367 e. The number of ether oxygens (including phenoxy) is 2. The maximum absolute atomic E-state index is 12.3. The predicted octanol–water partition coefficient (Wildman–Crippen LogP) is 2.68. The zero-order chi connectivity index (χ0) is 28.4. The van der Waals surface area contributed by atoms with Crippen molar-refractivity contribution in [3.8, 4) is 11.8 Å². The van der Waals surface area contributed by atoms with Crippen LogP contribution in [0.15, 0.2) is 40.1 Å². The number of carbonyl (C=O) groups is 2. The summed E-state index contributed by atoms with van der Waals surface area (Å²) in [4.78, 5) is 49.8. The summed E-state index contributed by atoms with van der Waals surface area (Å²) in [5.41, 5.74) is 0.166. The lowest BCUT2D eigenvalue weighted by molar-refractivity contribution is -0.171. The van der Waals surface area contributed by atoms with Gasteiger partial charge in [0.2, 0.25) is 5.78 Å². The van der Waals surface area contributed by atoms with Gasteiger partial charge in [-0.1, -0.05) is 30.9 Å². The van der Waals surface area contributed by atoms with Crippen molar-refractivity contribution in [2.24, 2.45) is 0 Å². The van der Waals surface area contributed by atoms with Gasteiger partial charge in [0.05, 0.1) is 12.7 Å². The number of hydrogen-bond acceptors (Lipinski definition) is 6. The van der Waals surface area contributed by atoms with Crippen LogP contribution in [0.4, 0.5) is 13.2 Å². The molecule has 0 unspecified atom stereocenters. The Kier molecular flexibility index (Phi) is 10.7. The van der Waals surface area contributed by atoms with E-state index < -0.39 is 35.9 Å². The summed E-state index contributed by atoms with van der Waals surface area (Å²) in [7, 11) is 0. The summed E-state index contributed by atoms with van der Waals surface area (Å²) in [6.45, 7) is 2.47. The van der Waals surface area contributed by atoms with Crippen molar-refractivity contribution in [3.63, 3.8) is 0 Å². The Bertz CT molecular complexity index is 1320. The van der Waals surface area contributed by atoms with Crippen LogP contribution in [0, 0.1) is 11.8 Å². The minimum Gasteiger partial charge on any atom is -0.367 e. The molecule has 2 N–H and O–H groups in total. The molecule has 1 aromatic heterocycles. The molecule has 1 aromatic carbocycles. The lowest BCUT2D eigenvalue weighted by atomic mass is 10.1. The predicted molar refractivity (Wildman–Crippen MR) is 135 cm³/mol. The molecule has 2 atom stereocenters. The monoisotopic (exact) mass is 549 g/mol. The number of aryl methyl sites for hydroxylation is 1. The second-order valence-corrected chi connectivity index (χ2v) is 8.98. The van der Waals surface area contributed by atoms with Gasteiger partial charge >= 0.3 is 11.9 Å². The number of nitrogens with one attached hydrogen (secondary N) is 2. The maximum Gasteiger partial charge on any atom is 0.449 e. The summed E-state index contributed by atoms with van der Waals surface area (Å²) in [5.74, 6) is 3.45. The fourth-order valence-corrected chi connectivity index (χ4v) is 3.95. The molecule has 2 aromatic rings. The molecule has 0 saturated carbocycles. The molecule has 0 spiro atoms. The summed E-state index contributed by atoms with van der Waals surface area (Å²) in [5, 5.41) is 2.65. The van der Waals surface area contributed by atoms with E-state index in [1.165, 1.54) is 35.0 Å². The number of benzene rings is 1. The number of aromatic amines is 1. The Labute approximate surface area is 222 Å². The van der Waals surface area contributed by atoms with Crippen molar-refractivity contribution in [1.29, 1.82) is 0 Å². The van der Waals surface area contributed by atoms with E-state index in [4.69, 9.17) is 9.47 Å². The standard InChI is InChI=1S/C27H30F3N3O6/c1-2-21-11-13-23(39-21)33-17-20(25(36)32-26(33)37)5-3-4-15-38-16-14-31-24(35)19-9-6-18(7-10-19)8-12-22(34)27(28,29)30/h6-7,9-10,17,21,23H,2,5,8,11-16H2,1H3,(H,31,35)(H,32,36,37)/t21-,23-/m1/s1. The number of ketones is 1. The topological polar surface area (TPSA) is 119 Å². The SMILES string of the molecule is CC[C@@H]1CC[C@H](n2cc(CC#CCOCCNC(=O)c3ccc(CCC(=O)C(F)(F)F)cc3)c(=O)[nH]c2=O)O1. The Morgan fingerprint density at radius 3 is 2.59 bits per heavy atom. The van der Waals surface area contributed by atoms with Crippen molar-refractivity contribution in [3.05, 3.63) is 68.0 Å². The van der Waals surface area contributed by atoms with E-state index in [0.29, 0.717) is 23.1 Å². The van der Waals surface area contributed by atoms with Crippen LogP contribution in [0.2, 0.25) is 0 Å². The Morgan fingerprint density at radius 1 is 1.18 bits per heavy atom. The number of amides is 1. The molecular weight excluding hydrogens is 519 g/mol.